The topological polar surface area (TPSA) is 55.6 Å². The van der Waals surface area contributed by atoms with Crippen LogP contribution in [-0.2, 0) is 0 Å². The SMILES string of the molecule is Cc1ccc(F)cc1Oc1cc(NCCC(F)(F)F)c2ncc(-c3ccc(C(=O)C[C@H]4C[C@@H]4F)c(C)c3)n2c1. The van der Waals surface area contributed by atoms with Crippen LogP contribution in [0.25, 0.3) is 16.9 Å². The molecule has 204 valence electrons. The molecule has 0 radical (unpaired) electrons. The number of rotatable bonds is 9. The van der Waals surface area contributed by atoms with E-state index >= 15 is 0 Å². The average molecular weight is 544 g/mol. The van der Waals surface area contributed by atoms with E-state index in [0.717, 1.165) is 5.56 Å². The number of pyridine rings is 1. The zero-order valence-electron chi connectivity index (χ0n) is 21.3. The minimum Gasteiger partial charge on any atom is -0.455 e. The van der Waals surface area contributed by atoms with Crippen LogP contribution in [0.3, 0.4) is 0 Å². The molecule has 39 heavy (non-hydrogen) atoms. The molecule has 0 aliphatic heterocycles. The van der Waals surface area contributed by atoms with E-state index in [2.05, 4.69) is 10.3 Å². The summed E-state index contributed by atoms with van der Waals surface area (Å²) < 4.78 is 73.2. The second-order valence-electron chi connectivity index (χ2n) is 9.90. The van der Waals surface area contributed by atoms with E-state index < -0.39 is 24.6 Å². The van der Waals surface area contributed by atoms with Crippen molar-refractivity contribution in [3.05, 3.63) is 77.4 Å². The number of anilines is 1. The Morgan fingerprint density at radius 2 is 1.90 bits per heavy atom. The normalized spacial score (nSPS) is 16.9. The fourth-order valence-electron chi connectivity index (χ4n) is 4.52. The Morgan fingerprint density at radius 3 is 2.59 bits per heavy atom. The molecule has 1 fully saturated rings. The smallest absolute Gasteiger partial charge is 0.390 e. The van der Waals surface area contributed by atoms with Gasteiger partial charge in [0.15, 0.2) is 11.4 Å². The first-order valence-corrected chi connectivity index (χ1v) is 12.5. The van der Waals surface area contributed by atoms with Gasteiger partial charge in [0.1, 0.15) is 23.5 Å². The Balaban J connectivity index is 1.51. The zero-order chi connectivity index (χ0) is 27.9. The van der Waals surface area contributed by atoms with Crippen molar-refractivity contribution in [1.82, 2.24) is 9.38 Å². The Kier molecular flexibility index (Phi) is 7.05. The number of imidazole rings is 1. The summed E-state index contributed by atoms with van der Waals surface area (Å²) in [6.07, 6.45) is -2.49. The predicted molar refractivity (Wildman–Crippen MR) is 138 cm³/mol. The maximum atomic E-state index is 13.9. The van der Waals surface area contributed by atoms with Crippen LogP contribution >= 0.6 is 0 Å². The molecule has 0 spiro atoms. The highest BCUT2D eigenvalue weighted by Gasteiger charge is 2.39. The standard InChI is InChI=1S/C29H26F5N3O2/c1-16-3-5-20(30)12-27(16)39-21-13-24(35-8-7-29(32,33)34)28-36-14-25(37(28)15-21)18-4-6-22(17(2)9-18)26(38)11-19-10-23(19)31/h3-6,9,12-15,19,23,35H,7-8,10-11H2,1-2H3/t19-,23+/m1/s1. The first-order chi connectivity index (χ1) is 18.5. The van der Waals surface area contributed by atoms with Crippen molar-refractivity contribution in [2.45, 2.75) is 45.5 Å². The summed E-state index contributed by atoms with van der Waals surface area (Å²) in [6, 6.07) is 10.9. The lowest BCUT2D eigenvalue weighted by molar-refractivity contribution is -0.131. The minimum atomic E-state index is -4.34. The monoisotopic (exact) mass is 543 g/mol. The molecule has 1 aliphatic carbocycles. The van der Waals surface area contributed by atoms with Gasteiger partial charge >= 0.3 is 6.18 Å². The molecule has 4 aromatic rings. The Labute approximate surface area is 221 Å². The number of aryl methyl sites for hydroxylation is 2. The van der Waals surface area contributed by atoms with Gasteiger partial charge in [-0.2, -0.15) is 13.2 Å². The highest BCUT2D eigenvalue weighted by molar-refractivity contribution is 5.98. The lowest BCUT2D eigenvalue weighted by atomic mass is 9.98. The third kappa shape index (κ3) is 6.05. The molecule has 2 aromatic heterocycles. The van der Waals surface area contributed by atoms with Crippen molar-refractivity contribution >= 4 is 17.1 Å². The molecule has 5 nitrogen and oxygen atoms in total. The van der Waals surface area contributed by atoms with Gasteiger partial charge in [-0.3, -0.25) is 9.20 Å². The maximum Gasteiger partial charge on any atom is 0.390 e. The number of nitrogens with zero attached hydrogens (tertiary/aromatic N) is 2. The highest BCUT2D eigenvalue weighted by Crippen LogP contribution is 2.38. The van der Waals surface area contributed by atoms with Crippen LogP contribution in [0.4, 0.5) is 27.6 Å². The van der Waals surface area contributed by atoms with Gasteiger partial charge in [-0.05, 0) is 43.5 Å². The summed E-state index contributed by atoms with van der Waals surface area (Å²) in [6.45, 7) is 3.17. The summed E-state index contributed by atoms with van der Waals surface area (Å²) >= 11 is 0. The van der Waals surface area contributed by atoms with Crippen LogP contribution in [-0.4, -0.2) is 34.1 Å². The zero-order valence-corrected chi connectivity index (χ0v) is 21.3. The van der Waals surface area contributed by atoms with E-state index in [1.807, 2.05) is 6.07 Å². The van der Waals surface area contributed by atoms with Gasteiger partial charge in [0.2, 0.25) is 0 Å². The van der Waals surface area contributed by atoms with Gasteiger partial charge in [-0.25, -0.2) is 13.8 Å². The molecule has 0 saturated heterocycles. The number of carbonyl (C=O) groups is 1. The molecule has 2 heterocycles. The third-order valence-corrected chi connectivity index (χ3v) is 6.79. The first kappa shape index (κ1) is 26.6. The van der Waals surface area contributed by atoms with Crippen molar-refractivity contribution in [2.75, 3.05) is 11.9 Å². The second-order valence-corrected chi connectivity index (χ2v) is 9.90. The Bertz CT molecular complexity index is 1550. The van der Waals surface area contributed by atoms with Crippen LogP contribution in [0.5, 0.6) is 11.5 Å². The van der Waals surface area contributed by atoms with E-state index in [9.17, 15) is 26.7 Å². The van der Waals surface area contributed by atoms with Crippen molar-refractivity contribution in [2.24, 2.45) is 5.92 Å². The summed E-state index contributed by atoms with van der Waals surface area (Å²) in [5, 5.41) is 2.79. The third-order valence-electron chi connectivity index (χ3n) is 6.79. The number of ketones is 1. The van der Waals surface area contributed by atoms with E-state index in [0.29, 0.717) is 40.1 Å². The first-order valence-electron chi connectivity index (χ1n) is 12.5. The molecule has 5 rings (SSSR count). The van der Waals surface area contributed by atoms with Gasteiger partial charge in [-0.1, -0.05) is 18.2 Å². The average Bonchev–Trinajstić information content (AvgIpc) is 3.37. The van der Waals surface area contributed by atoms with Crippen LogP contribution in [0.1, 0.15) is 40.7 Å². The van der Waals surface area contributed by atoms with Gasteiger partial charge in [-0.15, -0.1) is 0 Å². The number of ether oxygens (including phenoxy) is 1. The van der Waals surface area contributed by atoms with E-state index in [1.54, 1.807) is 48.8 Å². The molecular formula is C29H26F5N3O2. The summed E-state index contributed by atoms with van der Waals surface area (Å²) in [5.41, 5.74) is 3.92. The van der Waals surface area contributed by atoms with E-state index in [1.165, 1.54) is 18.2 Å². The largest absolute Gasteiger partial charge is 0.455 e. The minimum absolute atomic E-state index is 0.111. The van der Waals surface area contributed by atoms with Crippen LogP contribution in [0.15, 0.2) is 54.9 Å². The molecular weight excluding hydrogens is 517 g/mol. The van der Waals surface area contributed by atoms with Crippen molar-refractivity contribution < 1.29 is 31.5 Å². The maximum absolute atomic E-state index is 13.9. The van der Waals surface area contributed by atoms with Crippen molar-refractivity contribution in [1.29, 1.82) is 0 Å². The fourth-order valence-corrected chi connectivity index (χ4v) is 4.52. The number of alkyl halides is 4. The van der Waals surface area contributed by atoms with Crippen molar-refractivity contribution in [3.63, 3.8) is 0 Å². The van der Waals surface area contributed by atoms with E-state index in [-0.39, 0.29) is 36.2 Å². The number of hydrogen-bond donors (Lipinski definition) is 1. The number of benzene rings is 2. The molecule has 1 aliphatic rings. The van der Waals surface area contributed by atoms with Gasteiger partial charge in [0, 0.05) is 42.1 Å². The highest BCUT2D eigenvalue weighted by atomic mass is 19.4. The predicted octanol–water partition coefficient (Wildman–Crippen LogP) is 7.84. The molecule has 2 atom stereocenters. The lowest BCUT2D eigenvalue weighted by Gasteiger charge is -2.15. The number of Topliss-reactive ketones (excluding diaryl/α,β-unsaturated/α-hetero) is 1. The molecule has 2 aromatic carbocycles. The number of hydrogen-bond acceptors (Lipinski definition) is 4. The quantitative estimate of drug-likeness (QED) is 0.173. The molecule has 0 unspecified atom stereocenters. The van der Waals surface area contributed by atoms with Gasteiger partial charge in [0.05, 0.1) is 30.2 Å². The molecule has 0 amide bonds. The fraction of sp³-hybridized carbons (Fsp3) is 0.310. The van der Waals surface area contributed by atoms with E-state index in [4.69, 9.17) is 4.74 Å². The number of carbonyl (C=O) groups excluding carboxylic acids is 1. The van der Waals surface area contributed by atoms with Gasteiger partial charge < -0.3 is 10.1 Å². The van der Waals surface area contributed by atoms with Crippen LogP contribution < -0.4 is 10.1 Å². The summed E-state index contributed by atoms with van der Waals surface area (Å²) in [7, 11) is 0. The Morgan fingerprint density at radius 1 is 1.13 bits per heavy atom. The number of halogens is 5. The molecule has 1 N–H and O–H groups in total. The van der Waals surface area contributed by atoms with Crippen LogP contribution in [0.2, 0.25) is 0 Å². The molecule has 1 saturated carbocycles. The van der Waals surface area contributed by atoms with Gasteiger partial charge in [0.25, 0.3) is 0 Å². The van der Waals surface area contributed by atoms with Crippen LogP contribution in [0, 0.1) is 25.6 Å². The summed E-state index contributed by atoms with van der Waals surface area (Å²) in [4.78, 5) is 17.1. The molecule has 10 heteroatoms. The second kappa shape index (κ2) is 10.3. The molecule has 0 bridgehead atoms. The number of fused-ring (bicyclic) bond motifs is 1. The Hall–Kier alpha value is -3.95. The summed E-state index contributed by atoms with van der Waals surface area (Å²) in [5.74, 6) is -0.281. The number of aromatic nitrogens is 2. The number of nitrogens with one attached hydrogen (secondary N) is 1. The van der Waals surface area contributed by atoms with Crippen molar-refractivity contribution in [3.8, 4) is 22.8 Å². The lowest BCUT2D eigenvalue weighted by Crippen LogP contribution is -2.15.